The molecule has 3 aliphatic rings. The van der Waals surface area contributed by atoms with E-state index in [2.05, 4.69) is 15.9 Å². The van der Waals surface area contributed by atoms with Crippen LogP contribution in [0.25, 0.3) is 0 Å². The molecule has 0 atom stereocenters. The number of hydrogen-bond donors (Lipinski definition) is 0. The smallest absolute Gasteiger partial charge is 0.242 e. The quantitative estimate of drug-likeness (QED) is 0.624. The topological polar surface area (TPSA) is 78.0 Å². The van der Waals surface area contributed by atoms with Crippen molar-refractivity contribution in [1.29, 1.82) is 0 Å². The van der Waals surface area contributed by atoms with Crippen LogP contribution in [0.3, 0.4) is 0 Å². The highest BCUT2D eigenvalue weighted by Crippen LogP contribution is 2.43. The summed E-state index contributed by atoms with van der Waals surface area (Å²) in [5.74, 6) is -0.631. The first-order valence-electron chi connectivity index (χ1n) is 10.6. The van der Waals surface area contributed by atoms with Crippen LogP contribution in [-0.2, 0) is 24.6 Å². The average molecular weight is 476 g/mol. The number of carbonyl (C=O) groups is 4. The summed E-state index contributed by atoms with van der Waals surface area (Å²) < 4.78 is 0.994. The van der Waals surface area contributed by atoms with Crippen LogP contribution in [-0.4, -0.2) is 71.1 Å². The summed E-state index contributed by atoms with van der Waals surface area (Å²) in [6.07, 6.45) is 4.16. The molecule has 4 rings (SSSR count). The number of piperazine rings is 1. The third-order valence-corrected chi connectivity index (χ3v) is 7.16. The Balaban J connectivity index is 1.40. The predicted molar refractivity (Wildman–Crippen MR) is 113 cm³/mol. The van der Waals surface area contributed by atoms with Crippen molar-refractivity contribution in [3.8, 4) is 0 Å². The summed E-state index contributed by atoms with van der Waals surface area (Å²) in [6, 6.07) is 8.05. The highest BCUT2D eigenvalue weighted by atomic mass is 79.9. The molecule has 0 radical (unpaired) electrons. The molecule has 0 N–H and O–H groups in total. The third-order valence-electron chi connectivity index (χ3n) is 6.63. The van der Waals surface area contributed by atoms with Crippen molar-refractivity contribution in [1.82, 2.24) is 14.7 Å². The fraction of sp³-hybridized carbons (Fsp3) is 0.545. The number of benzene rings is 1. The number of nitrogens with zero attached hydrogens (tertiary/aromatic N) is 3. The minimum atomic E-state index is -0.471. The Morgan fingerprint density at radius 2 is 1.40 bits per heavy atom. The van der Waals surface area contributed by atoms with Gasteiger partial charge in [0.1, 0.15) is 6.54 Å². The number of rotatable bonds is 4. The lowest BCUT2D eigenvalue weighted by molar-refractivity contribution is -0.147. The van der Waals surface area contributed by atoms with Crippen LogP contribution in [0.1, 0.15) is 44.1 Å². The van der Waals surface area contributed by atoms with E-state index < -0.39 is 5.41 Å². The van der Waals surface area contributed by atoms with E-state index in [0.717, 1.165) is 40.6 Å². The molecule has 1 aromatic rings. The maximum absolute atomic E-state index is 13.6. The molecular weight excluding hydrogens is 450 g/mol. The molecular formula is C22H26BrN3O4. The molecule has 4 amide bonds. The van der Waals surface area contributed by atoms with E-state index in [1.54, 1.807) is 4.90 Å². The summed E-state index contributed by atoms with van der Waals surface area (Å²) >= 11 is 3.47. The Hall–Kier alpha value is -2.22. The summed E-state index contributed by atoms with van der Waals surface area (Å²) in [7, 11) is 0. The Bertz CT molecular complexity index is 840. The van der Waals surface area contributed by atoms with Gasteiger partial charge in [0.15, 0.2) is 0 Å². The molecule has 0 aromatic heterocycles. The summed E-state index contributed by atoms with van der Waals surface area (Å²) in [6.45, 7) is 1.62. The van der Waals surface area contributed by atoms with Crippen LogP contribution in [0, 0.1) is 0 Å². The van der Waals surface area contributed by atoms with Gasteiger partial charge < -0.3 is 9.80 Å². The molecule has 1 saturated carbocycles. The minimum Gasteiger partial charge on any atom is -0.338 e. The first kappa shape index (κ1) is 21.0. The Kier molecular flexibility index (Phi) is 5.95. The van der Waals surface area contributed by atoms with E-state index in [9.17, 15) is 19.2 Å². The van der Waals surface area contributed by atoms with Crippen LogP contribution in [0.4, 0.5) is 0 Å². The number of imide groups is 1. The van der Waals surface area contributed by atoms with Crippen molar-refractivity contribution in [3.05, 3.63) is 34.3 Å². The van der Waals surface area contributed by atoms with Gasteiger partial charge in [0.25, 0.3) is 0 Å². The molecule has 1 aromatic carbocycles. The van der Waals surface area contributed by atoms with Crippen molar-refractivity contribution in [3.63, 3.8) is 0 Å². The number of amides is 4. The van der Waals surface area contributed by atoms with Crippen LogP contribution < -0.4 is 0 Å². The lowest BCUT2D eigenvalue weighted by Gasteiger charge is -2.40. The number of likely N-dealkylation sites (tertiary alicyclic amines) is 1. The van der Waals surface area contributed by atoms with Gasteiger partial charge in [-0.3, -0.25) is 24.1 Å². The fourth-order valence-corrected chi connectivity index (χ4v) is 5.13. The molecule has 2 saturated heterocycles. The molecule has 30 heavy (non-hydrogen) atoms. The van der Waals surface area contributed by atoms with Crippen LogP contribution in [0.2, 0.25) is 0 Å². The molecule has 0 bridgehead atoms. The summed E-state index contributed by atoms with van der Waals surface area (Å²) in [5, 5.41) is 0. The lowest BCUT2D eigenvalue weighted by atomic mass is 9.77. The molecule has 2 aliphatic heterocycles. The molecule has 1 aliphatic carbocycles. The first-order chi connectivity index (χ1) is 14.4. The number of carbonyl (C=O) groups excluding carboxylic acids is 4. The van der Waals surface area contributed by atoms with Crippen molar-refractivity contribution in [2.24, 2.45) is 0 Å². The van der Waals surface area contributed by atoms with Crippen LogP contribution in [0.5, 0.6) is 0 Å². The third kappa shape index (κ3) is 3.89. The van der Waals surface area contributed by atoms with E-state index in [-0.39, 0.29) is 43.0 Å². The Morgan fingerprint density at radius 1 is 0.867 bits per heavy atom. The normalized spacial score (nSPS) is 21.4. The summed E-state index contributed by atoms with van der Waals surface area (Å²) in [4.78, 5) is 54.2. The van der Waals surface area contributed by atoms with Gasteiger partial charge in [-0.2, -0.15) is 0 Å². The van der Waals surface area contributed by atoms with E-state index in [1.807, 2.05) is 29.2 Å². The summed E-state index contributed by atoms with van der Waals surface area (Å²) in [5.41, 5.74) is 0.596. The van der Waals surface area contributed by atoms with Crippen molar-refractivity contribution < 1.29 is 19.2 Å². The Labute approximate surface area is 184 Å². The van der Waals surface area contributed by atoms with Gasteiger partial charge in [-0.25, -0.2) is 0 Å². The van der Waals surface area contributed by atoms with Gasteiger partial charge in [0.2, 0.25) is 23.6 Å². The number of hydrogen-bond acceptors (Lipinski definition) is 4. The van der Waals surface area contributed by atoms with E-state index >= 15 is 0 Å². The lowest BCUT2D eigenvalue weighted by Crippen LogP contribution is -2.56. The second-order valence-electron chi connectivity index (χ2n) is 8.34. The second kappa shape index (κ2) is 8.49. The standard InChI is InChI=1S/C22H26BrN3O4/c23-17-5-3-16(4-6-17)22(9-1-2-10-22)21(30)25-13-11-24(12-14-25)20(29)15-26-18(27)7-8-19(26)28/h3-6H,1-2,7-15H2. The van der Waals surface area contributed by atoms with Crippen molar-refractivity contribution in [2.75, 3.05) is 32.7 Å². The number of halogens is 1. The van der Waals surface area contributed by atoms with Crippen LogP contribution >= 0.6 is 15.9 Å². The van der Waals surface area contributed by atoms with Gasteiger partial charge >= 0.3 is 0 Å². The van der Waals surface area contributed by atoms with Gasteiger partial charge in [-0.1, -0.05) is 40.9 Å². The minimum absolute atomic E-state index is 0.152. The van der Waals surface area contributed by atoms with Gasteiger partial charge in [-0.05, 0) is 30.5 Å². The molecule has 7 nitrogen and oxygen atoms in total. The fourth-order valence-electron chi connectivity index (χ4n) is 4.87. The molecule has 0 unspecified atom stereocenters. The molecule has 3 fully saturated rings. The monoisotopic (exact) mass is 475 g/mol. The first-order valence-corrected chi connectivity index (χ1v) is 11.4. The van der Waals surface area contributed by atoms with Crippen molar-refractivity contribution >= 4 is 39.6 Å². The predicted octanol–water partition coefficient (Wildman–Crippen LogP) is 2.08. The van der Waals surface area contributed by atoms with E-state index in [0.29, 0.717) is 26.2 Å². The maximum Gasteiger partial charge on any atom is 0.242 e. The Morgan fingerprint density at radius 3 is 1.97 bits per heavy atom. The molecule has 0 spiro atoms. The zero-order valence-corrected chi connectivity index (χ0v) is 18.5. The molecule has 8 heteroatoms. The SMILES string of the molecule is O=C(CN1C(=O)CCC1=O)N1CCN(C(=O)C2(c3ccc(Br)cc3)CCCC2)CC1. The highest BCUT2D eigenvalue weighted by Gasteiger charge is 2.45. The average Bonchev–Trinajstić information content (AvgIpc) is 3.37. The second-order valence-corrected chi connectivity index (χ2v) is 9.26. The van der Waals surface area contributed by atoms with Crippen molar-refractivity contribution in [2.45, 2.75) is 43.9 Å². The van der Waals surface area contributed by atoms with E-state index in [4.69, 9.17) is 0 Å². The largest absolute Gasteiger partial charge is 0.338 e. The zero-order chi connectivity index (χ0) is 21.3. The maximum atomic E-state index is 13.6. The molecule has 2 heterocycles. The van der Waals surface area contributed by atoms with Gasteiger partial charge in [-0.15, -0.1) is 0 Å². The highest BCUT2D eigenvalue weighted by molar-refractivity contribution is 9.10. The van der Waals surface area contributed by atoms with Gasteiger partial charge in [0.05, 0.1) is 5.41 Å². The van der Waals surface area contributed by atoms with Gasteiger partial charge in [0, 0.05) is 43.5 Å². The zero-order valence-electron chi connectivity index (χ0n) is 16.9. The van der Waals surface area contributed by atoms with E-state index in [1.165, 1.54) is 0 Å². The van der Waals surface area contributed by atoms with Crippen LogP contribution in [0.15, 0.2) is 28.7 Å². The molecule has 160 valence electrons.